The summed E-state index contributed by atoms with van der Waals surface area (Å²) in [4.78, 5) is 11.1. The Balaban J connectivity index is 0.000000295. The fraction of sp³-hybridized carbons (Fsp3) is 0.462. The van der Waals surface area contributed by atoms with Gasteiger partial charge >= 0.3 is 12.1 Å². The number of carbonyl (C=O) groups is 1. The third-order valence-corrected chi connectivity index (χ3v) is 2.89. The number of hydrogen-bond acceptors (Lipinski definition) is 4. The van der Waals surface area contributed by atoms with E-state index in [1.54, 1.807) is 6.07 Å². The van der Waals surface area contributed by atoms with Crippen LogP contribution in [0.4, 0.5) is 17.6 Å². The van der Waals surface area contributed by atoms with E-state index in [4.69, 9.17) is 9.90 Å². The maximum absolute atomic E-state index is 12.7. The van der Waals surface area contributed by atoms with Crippen molar-refractivity contribution in [3.05, 3.63) is 29.6 Å². The fourth-order valence-electron chi connectivity index (χ4n) is 1.78. The Morgan fingerprint density at radius 2 is 1.82 bits per heavy atom. The van der Waals surface area contributed by atoms with Crippen LogP contribution in [0, 0.1) is 5.82 Å². The molecular weight excluding hydrogens is 308 g/mol. The molecule has 0 aromatic heterocycles. The summed E-state index contributed by atoms with van der Waals surface area (Å²) in [5.41, 5.74) is 0.790. The first kappa shape index (κ1) is 18.2. The summed E-state index contributed by atoms with van der Waals surface area (Å²) in [5, 5.41) is 19.9. The lowest BCUT2D eigenvalue weighted by atomic mass is 10.1. The zero-order valence-electron chi connectivity index (χ0n) is 11.5. The van der Waals surface area contributed by atoms with Gasteiger partial charge in [-0.1, -0.05) is 6.07 Å². The number of nitrogens with zero attached hydrogens (tertiary/aromatic N) is 1. The molecule has 1 saturated heterocycles. The van der Waals surface area contributed by atoms with Crippen molar-refractivity contribution in [3.63, 3.8) is 0 Å². The van der Waals surface area contributed by atoms with Crippen molar-refractivity contribution in [1.82, 2.24) is 10.2 Å². The molecule has 22 heavy (non-hydrogen) atoms. The standard InChI is InChI=1S/C11H15FN2O.C2HF3O2/c12-10-2-1-9(11(15)7-10)8-14-5-3-13-4-6-14;3-2(4,5)1(6)7/h1-2,7,13,15H,3-6,8H2;(H,6,7). The highest BCUT2D eigenvalue weighted by Crippen LogP contribution is 2.19. The second-order valence-corrected chi connectivity index (χ2v) is 4.60. The van der Waals surface area contributed by atoms with Crippen molar-refractivity contribution in [2.75, 3.05) is 26.2 Å². The zero-order chi connectivity index (χ0) is 16.8. The number of benzene rings is 1. The first-order valence-electron chi connectivity index (χ1n) is 6.40. The molecule has 1 aromatic carbocycles. The van der Waals surface area contributed by atoms with Crippen molar-refractivity contribution in [3.8, 4) is 5.75 Å². The van der Waals surface area contributed by atoms with Gasteiger partial charge in [-0.3, -0.25) is 4.90 Å². The molecule has 5 nitrogen and oxygen atoms in total. The monoisotopic (exact) mass is 324 g/mol. The van der Waals surface area contributed by atoms with Crippen LogP contribution in [0.15, 0.2) is 18.2 Å². The van der Waals surface area contributed by atoms with Crippen LogP contribution in [0.3, 0.4) is 0 Å². The van der Waals surface area contributed by atoms with Crippen LogP contribution >= 0.6 is 0 Å². The van der Waals surface area contributed by atoms with E-state index in [0.717, 1.165) is 37.8 Å². The summed E-state index contributed by atoms with van der Waals surface area (Å²) in [6.45, 7) is 4.57. The molecule has 0 bridgehead atoms. The normalized spacial score (nSPS) is 15.8. The third-order valence-electron chi connectivity index (χ3n) is 2.89. The van der Waals surface area contributed by atoms with Crippen molar-refractivity contribution in [2.45, 2.75) is 12.7 Å². The minimum absolute atomic E-state index is 0.0496. The molecule has 1 aliphatic rings. The summed E-state index contributed by atoms with van der Waals surface area (Å²) in [5.74, 6) is -3.10. The maximum Gasteiger partial charge on any atom is 0.490 e. The molecule has 0 unspecified atom stereocenters. The van der Waals surface area contributed by atoms with Crippen LogP contribution in [0.2, 0.25) is 0 Å². The lowest BCUT2D eigenvalue weighted by molar-refractivity contribution is -0.192. The van der Waals surface area contributed by atoms with E-state index in [1.165, 1.54) is 6.07 Å². The van der Waals surface area contributed by atoms with Gasteiger partial charge in [-0.15, -0.1) is 0 Å². The summed E-state index contributed by atoms with van der Waals surface area (Å²) < 4.78 is 44.5. The van der Waals surface area contributed by atoms with Gasteiger partial charge in [0.1, 0.15) is 11.6 Å². The quantitative estimate of drug-likeness (QED) is 0.720. The zero-order valence-corrected chi connectivity index (χ0v) is 11.5. The van der Waals surface area contributed by atoms with Gasteiger partial charge in [-0.05, 0) is 6.07 Å². The molecule has 1 heterocycles. The average Bonchev–Trinajstić information content (AvgIpc) is 2.43. The van der Waals surface area contributed by atoms with Crippen LogP contribution in [0.1, 0.15) is 5.56 Å². The van der Waals surface area contributed by atoms with Crippen LogP contribution < -0.4 is 5.32 Å². The van der Waals surface area contributed by atoms with Crippen molar-refractivity contribution in [1.29, 1.82) is 0 Å². The van der Waals surface area contributed by atoms with Crippen molar-refractivity contribution < 1.29 is 32.6 Å². The average molecular weight is 324 g/mol. The van der Waals surface area contributed by atoms with Gasteiger partial charge in [-0.2, -0.15) is 13.2 Å². The molecule has 0 atom stereocenters. The lowest BCUT2D eigenvalue weighted by Gasteiger charge is -2.27. The van der Waals surface area contributed by atoms with Crippen LogP contribution in [0.25, 0.3) is 0 Å². The van der Waals surface area contributed by atoms with Gasteiger partial charge in [0.25, 0.3) is 0 Å². The predicted molar refractivity (Wildman–Crippen MR) is 69.9 cm³/mol. The molecule has 1 fully saturated rings. The Morgan fingerprint density at radius 3 is 2.27 bits per heavy atom. The highest BCUT2D eigenvalue weighted by Gasteiger charge is 2.38. The van der Waals surface area contributed by atoms with Gasteiger partial charge in [0, 0.05) is 44.4 Å². The summed E-state index contributed by atoms with van der Waals surface area (Å²) in [6, 6.07) is 4.20. The number of nitrogens with one attached hydrogen (secondary N) is 1. The molecule has 1 aliphatic heterocycles. The number of aliphatic carboxylic acids is 1. The molecule has 9 heteroatoms. The van der Waals surface area contributed by atoms with Crippen LogP contribution in [-0.2, 0) is 11.3 Å². The second kappa shape index (κ2) is 7.95. The fourth-order valence-corrected chi connectivity index (χ4v) is 1.78. The Morgan fingerprint density at radius 1 is 1.27 bits per heavy atom. The highest BCUT2D eigenvalue weighted by molar-refractivity contribution is 5.73. The second-order valence-electron chi connectivity index (χ2n) is 4.60. The number of aromatic hydroxyl groups is 1. The lowest BCUT2D eigenvalue weighted by Crippen LogP contribution is -2.42. The van der Waals surface area contributed by atoms with Gasteiger partial charge < -0.3 is 15.5 Å². The first-order chi connectivity index (χ1) is 10.2. The maximum atomic E-state index is 12.7. The molecule has 0 spiro atoms. The number of halogens is 4. The number of carboxylic acids is 1. The molecule has 1 aromatic rings. The van der Waals surface area contributed by atoms with Gasteiger partial charge in [-0.25, -0.2) is 9.18 Å². The third kappa shape index (κ3) is 6.27. The number of carboxylic acid groups (broad SMARTS) is 1. The van der Waals surface area contributed by atoms with Crippen LogP contribution in [0.5, 0.6) is 5.75 Å². The molecule has 0 amide bonds. The minimum atomic E-state index is -5.08. The molecule has 124 valence electrons. The Hall–Kier alpha value is -1.87. The number of alkyl halides is 3. The number of piperazine rings is 1. The topological polar surface area (TPSA) is 72.8 Å². The van der Waals surface area contributed by atoms with Crippen molar-refractivity contribution >= 4 is 5.97 Å². The Labute approximate surface area is 124 Å². The van der Waals surface area contributed by atoms with E-state index in [0.29, 0.717) is 6.54 Å². The highest BCUT2D eigenvalue weighted by atomic mass is 19.4. The van der Waals surface area contributed by atoms with Gasteiger partial charge in [0.05, 0.1) is 0 Å². The predicted octanol–water partition coefficient (Wildman–Crippen LogP) is 1.57. The van der Waals surface area contributed by atoms with Crippen LogP contribution in [-0.4, -0.2) is 53.4 Å². The van der Waals surface area contributed by atoms with E-state index >= 15 is 0 Å². The Bertz CT molecular complexity index is 503. The molecule has 0 aliphatic carbocycles. The molecule has 0 radical (unpaired) electrons. The summed E-state index contributed by atoms with van der Waals surface area (Å²) >= 11 is 0. The van der Waals surface area contributed by atoms with E-state index in [9.17, 15) is 22.7 Å². The molecular formula is C13H16F4N2O3. The van der Waals surface area contributed by atoms with Gasteiger partial charge in [0.2, 0.25) is 0 Å². The molecule has 3 N–H and O–H groups in total. The smallest absolute Gasteiger partial charge is 0.490 e. The summed E-state index contributed by atoms with van der Waals surface area (Å²) in [7, 11) is 0. The van der Waals surface area contributed by atoms with Crippen molar-refractivity contribution in [2.24, 2.45) is 0 Å². The van der Waals surface area contributed by atoms with E-state index < -0.39 is 18.0 Å². The molecule has 0 saturated carbocycles. The number of hydrogen-bond donors (Lipinski definition) is 3. The number of rotatable bonds is 2. The Kier molecular flexibility index (Phi) is 6.57. The SMILES string of the molecule is O=C(O)C(F)(F)F.Oc1cc(F)ccc1CN1CCNCC1. The largest absolute Gasteiger partial charge is 0.508 e. The summed E-state index contributed by atoms with van der Waals surface area (Å²) in [6.07, 6.45) is -5.08. The molecule has 2 rings (SSSR count). The van der Waals surface area contributed by atoms with E-state index in [-0.39, 0.29) is 5.75 Å². The number of phenolic OH excluding ortho intramolecular Hbond substituents is 1. The number of phenols is 1. The van der Waals surface area contributed by atoms with E-state index in [2.05, 4.69) is 10.2 Å². The minimum Gasteiger partial charge on any atom is -0.508 e. The van der Waals surface area contributed by atoms with E-state index in [1.807, 2.05) is 0 Å². The van der Waals surface area contributed by atoms with Gasteiger partial charge in [0.15, 0.2) is 0 Å². The first-order valence-corrected chi connectivity index (χ1v) is 6.40.